The van der Waals surface area contributed by atoms with Gasteiger partial charge in [-0.1, -0.05) is 188 Å². The van der Waals surface area contributed by atoms with Gasteiger partial charge in [0.15, 0.2) is 17.5 Å². The largest absolute Gasteiger partial charge is 0.293 e. The minimum Gasteiger partial charge on any atom is -0.293 e. The highest BCUT2D eigenvalue weighted by Gasteiger charge is 2.22. The smallest absolute Gasteiger partial charge is 0.167 e. The molecule has 0 unspecified atom stereocenters. The van der Waals surface area contributed by atoms with E-state index in [2.05, 4.69) is 156 Å². The molecular formula is C56H37N5. The van der Waals surface area contributed by atoms with Crippen LogP contribution < -0.4 is 0 Å². The second-order valence-corrected chi connectivity index (χ2v) is 15.1. The summed E-state index contributed by atoms with van der Waals surface area (Å²) in [4.78, 5) is 20.9. The molecule has 0 spiro atoms. The highest BCUT2D eigenvalue weighted by atomic mass is 15.1. The molecule has 0 saturated carbocycles. The number of benzene rings is 8. The van der Waals surface area contributed by atoms with Crippen molar-refractivity contribution in [2.75, 3.05) is 0 Å². The summed E-state index contributed by atoms with van der Waals surface area (Å²) in [5, 5.41) is 2.26. The molecule has 5 heteroatoms. The first kappa shape index (κ1) is 35.8. The number of pyridine rings is 1. The Morgan fingerprint density at radius 3 is 1.07 bits per heavy atom. The number of nitrogens with zero attached hydrogens (tertiary/aromatic N) is 5. The van der Waals surface area contributed by atoms with Crippen LogP contribution in [0, 0.1) is 0 Å². The quantitative estimate of drug-likeness (QED) is 0.154. The first-order valence-electron chi connectivity index (χ1n) is 20.5. The van der Waals surface area contributed by atoms with Crippen molar-refractivity contribution in [2.24, 2.45) is 0 Å². The minimum absolute atomic E-state index is 0.537. The van der Waals surface area contributed by atoms with Gasteiger partial charge in [0.1, 0.15) is 5.82 Å². The predicted molar refractivity (Wildman–Crippen MR) is 250 cm³/mol. The molecule has 0 bridgehead atoms. The van der Waals surface area contributed by atoms with E-state index in [0.29, 0.717) is 17.5 Å². The highest BCUT2D eigenvalue weighted by Crippen LogP contribution is 2.40. The van der Waals surface area contributed by atoms with E-state index in [4.69, 9.17) is 19.9 Å². The van der Waals surface area contributed by atoms with Crippen LogP contribution in [0.4, 0.5) is 0 Å². The molecule has 0 saturated heterocycles. The predicted octanol–water partition coefficient (Wildman–Crippen LogP) is 14.0. The second kappa shape index (κ2) is 15.5. The normalized spacial score (nSPS) is 11.3. The average Bonchev–Trinajstić information content (AvgIpc) is 3.68. The van der Waals surface area contributed by atoms with Crippen molar-refractivity contribution in [3.63, 3.8) is 0 Å². The standard InChI is InChI=1S/C56H37N5/c1-6-16-38(17-7-1)41-26-28-42(29-27-41)47-36-50(55-59-53(43-22-12-4-13-23-43)58-54(60-55)44-24-14-5-15-25-44)56(57-37-47)61-51-32-30-45(39-18-8-2-9-19-39)34-48(51)49-35-46(31-33-52(49)61)40-20-10-3-11-21-40/h1-37H. The van der Waals surface area contributed by atoms with Crippen molar-refractivity contribution in [1.29, 1.82) is 0 Å². The third kappa shape index (κ3) is 6.84. The van der Waals surface area contributed by atoms with Crippen LogP contribution in [-0.2, 0) is 0 Å². The molecule has 0 aliphatic carbocycles. The van der Waals surface area contributed by atoms with E-state index >= 15 is 0 Å². The first-order chi connectivity index (χ1) is 30.2. The van der Waals surface area contributed by atoms with Crippen LogP contribution in [-0.4, -0.2) is 24.5 Å². The van der Waals surface area contributed by atoms with Gasteiger partial charge in [0.25, 0.3) is 0 Å². The van der Waals surface area contributed by atoms with Crippen molar-refractivity contribution in [2.45, 2.75) is 0 Å². The third-order valence-electron chi connectivity index (χ3n) is 11.3. The molecule has 0 N–H and O–H groups in total. The summed E-state index contributed by atoms with van der Waals surface area (Å²) >= 11 is 0. The van der Waals surface area contributed by atoms with E-state index in [0.717, 1.165) is 83.3 Å². The molecule has 11 aromatic rings. The molecule has 0 aliphatic rings. The average molecular weight is 780 g/mol. The van der Waals surface area contributed by atoms with Crippen LogP contribution in [0.1, 0.15) is 0 Å². The van der Waals surface area contributed by atoms with E-state index in [1.54, 1.807) is 0 Å². The van der Waals surface area contributed by atoms with Crippen molar-refractivity contribution in [3.05, 3.63) is 225 Å². The lowest BCUT2D eigenvalue weighted by molar-refractivity contribution is 1.04. The zero-order valence-electron chi connectivity index (χ0n) is 33.1. The van der Waals surface area contributed by atoms with E-state index in [9.17, 15) is 0 Å². The minimum atomic E-state index is 0.537. The molecular weight excluding hydrogens is 743 g/mol. The van der Waals surface area contributed by atoms with E-state index < -0.39 is 0 Å². The molecule has 286 valence electrons. The summed E-state index contributed by atoms with van der Waals surface area (Å²) in [7, 11) is 0. The molecule has 11 rings (SSSR count). The van der Waals surface area contributed by atoms with Crippen LogP contribution in [0.15, 0.2) is 225 Å². The summed E-state index contributed by atoms with van der Waals surface area (Å²) < 4.78 is 2.28. The van der Waals surface area contributed by atoms with Crippen LogP contribution in [0.2, 0.25) is 0 Å². The molecule has 0 fully saturated rings. The van der Waals surface area contributed by atoms with Gasteiger partial charge in [0, 0.05) is 33.7 Å². The number of fused-ring (bicyclic) bond motifs is 3. The van der Waals surface area contributed by atoms with Gasteiger partial charge in [-0.15, -0.1) is 0 Å². The van der Waals surface area contributed by atoms with E-state index in [-0.39, 0.29) is 0 Å². The highest BCUT2D eigenvalue weighted by molar-refractivity contribution is 6.12. The summed E-state index contributed by atoms with van der Waals surface area (Å²) in [6.07, 6.45) is 1.97. The summed E-state index contributed by atoms with van der Waals surface area (Å²) in [6, 6.07) is 76.1. The Balaban J connectivity index is 1.18. The molecule has 0 atom stereocenters. The summed E-state index contributed by atoms with van der Waals surface area (Å²) in [6.45, 7) is 0. The number of hydrogen-bond acceptors (Lipinski definition) is 4. The number of rotatable bonds is 8. The van der Waals surface area contributed by atoms with Gasteiger partial charge in [-0.2, -0.15) is 0 Å². The fraction of sp³-hybridized carbons (Fsp3) is 0. The first-order valence-corrected chi connectivity index (χ1v) is 20.5. The molecule has 0 radical (unpaired) electrons. The maximum Gasteiger partial charge on any atom is 0.167 e. The lowest BCUT2D eigenvalue weighted by atomic mass is 10.00. The Morgan fingerprint density at radius 2 is 0.623 bits per heavy atom. The third-order valence-corrected chi connectivity index (χ3v) is 11.3. The molecule has 5 nitrogen and oxygen atoms in total. The number of aromatic nitrogens is 5. The van der Waals surface area contributed by atoms with Crippen LogP contribution >= 0.6 is 0 Å². The van der Waals surface area contributed by atoms with Crippen molar-refractivity contribution in [1.82, 2.24) is 24.5 Å². The van der Waals surface area contributed by atoms with Crippen LogP contribution in [0.25, 0.3) is 106 Å². The summed E-state index contributed by atoms with van der Waals surface area (Å²) in [5.74, 6) is 2.45. The summed E-state index contributed by atoms with van der Waals surface area (Å²) in [5.41, 5.74) is 13.6. The Morgan fingerprint density at radius 1 is 0.279 bits per heavy atom. The second-order valence-electron chi connectivity index (χ2n) is 15.1. The molecule has 0 amide bonds. The molecule has 3 heterocycles. The zero-order chi connectivity index (χ0) is 40.5. The molecule has 61 heavy (non-hydrogen) atoms. The Bertz CT molecular complexity index is 3160. The van der Waals surface area contributed by atoms with E-state index in [1.807, 2.05) is 72.9 Å². The van der Waals surface area contributed by atoms with Gasteiger partial charge in [-0.3, -0.25) is 4.57 Å². The lowest BCUT2D eigenvalue weighted by Gasteiger charge is -2.15. The lowest BCUT2D eigenvalue weighted by Crippen LogP contribution is -2.05. The molecule has 8 aromatic carbocycles. The van der Waals surface area contributed by atoms with Crippen molar-refractivity contribution >= 4 is 21.8 Å². The topological polar surface area (TPSA) is 56.5 Å². The van der Waals surface area contributed by atoms with Crippen LogP contribution in [0.5, 0.6) is 0 Å². The Hall–Kier alpha value is -8.28. The van der Waals surface area contributed by atoms with Crippen molar-refractivity contribution < 1.29 is 0 Å². The van der Waals surface area contributed by atoms with Gasteiger partial charge in [-0.05, 0) is 69.3 Å². The van der Waals surface area contributed by atoms with Gasteiger partial charge >= 0.3 is 0 Å². The molecule has 3 aromatic heterocycles. The maximum absolute atomic E-state index is 5.38. The Labute approximate surface area is 354 Å². The van der Waals surface area contributed by atoms with Crippen molar-refractivity contribution in [3.8, 4) is 84.5 Å². The molecule has 0 aliphatic heterocycles. The fourth-order valence-corrected chi connectivity index (χ4v) is 8.24. The fourth-order valence-electron chi connectivity index (χ4n) is 8.24. The van der Waals surface area contributed by atoms with E-state index in [1.165, 1.54) is 5.56 Å². The maximum atomic E-state index is 5.38. The van der Waals surface area contributed by atoms with Gasteiger partial charge in [-0.25, -0.2) is 19.9 Å². The monoisotopic (exact) mass is 779 g/mol. The number of hydrogen-bond donors (Lipinski definition) is 0. The Kier molecular flexibility index (Phi) is 9.10. The van der Waals surface area contributed by atoms with Gasteiger partial charge in [0.05, 0.1) is 16.6 Å². The van der Waals surface area contributed by atoms with Gasteiger partial charge < -0.3 is 0 Å². The SMILES string of the molecule is c1ccc(-c2ccc(-c3cnc(-n4c5ccc(-c6ccccc6)cc5c5cc(-c6ccccc6)ccc54)c(-c4nc(-c5ccccc5)nc(-c5ccccc5)n4)c3)cc2)cc1. The zero-order valence-corrected chi connectivity index (χ0v) is 33.1. The van der Waals surface area contributed by atoms with Crippen LogP contribution in [0.3, 0.4) is 0 Å². The van der Waals surface area contributed by atoms with Gasteiger partial charge in [0.2, 0.25) is 0 Å².